The molecule has 3 aliphatic rings. The van der Waals surface area contributed by atoms with Gasteiger partial charge in [-0.05, 0) is 98.2 Å². The summed E-state index contributed by atoms with van der Waals surface area (Å²) in [5, 5.41) is 1.69. The number of ether oxygens (including phenoxy) is 1. The minimum atomic E-state index is -0.177. The van der Waals surface area contributed by atoms with Crippen LogP contribution in [-0.4, -0.2) is 65.1 Å². The number of carbonyl (C=O) groups is 2. The van der Waals surface area contributed by atoms with E-state index in [0.717, 1.165) is 48.0 Å². The van der Waals surface area contributed by atoms with Crippen LogP contribution in [0.25, 0.3) is 10.9 Å². The van der Waals surface area contributed by atoms with Gasteiger partial charge in [-0.15, -0.1) is 0 Å². The Morgan fingerprint density at radius 2 is 1.74 bits per heavy atom. The van der Waals surface area contributed by atoms with Crippen molar-refractivity contribution in [2.45, 2.75) is 89.8 Å². The van der Waals surface area contributed by atoms with Gasteiger partial charge in [0.25, 0.3) is 5.91 Å². The van der Waals surface area contributed by atoms with Gasteiger partial charge in [0.2, 0.25) is 0 Å². The zero-order chi connectivity index (χ0) is 30.3. The summed E-state index contributed by atoms with van der Waals surface area (Å²) >= 11 is 6.50. The van der Waals surface area contributed by atoms with Crippen LogP contribution in [0.4, 0.5) is 0 Å². The van der Waals surface area contributed by atoms with Crippen molar-refractivity contribution in [1.82, 2.24) is 14.4 Å². The summed E-state index contributed by atoms with van der Waals surface area (Å²) in [5.74, 6) is 0.857. The molecule has 6 nitrogen and oxygen atoms in total. The van der Waals surface area contributed by atoms with Crippen LogP contribution < -0.4 is 0 Å². The molecule has 43 heavy (non-hydrogen) atoms. The standard InChI is InChI=1S/C36H46ClN3O3/c1-36(2,3)27-15-12-24(13-16-27)22-39-31-21-28(37)17-14-25(31)20-32(39)35(42)40-23-26-8-6-18-38-19-7-9-29(34(26)38)30(40)10-5-11-33(41)43-4/h12-17,20-21,26,29-30,34H,5-11,18-19,22-23H2,1-4H3/t26-,29+,30+,34-/m0/s1. The molecular weight excluding hydrogens is 558 g/mol. The molecule has 2 aromatic carbocycles. The van der Waals surface area contributed by atoms with E-state index in [4.69, 9.17) is 16.3 Å². The number of amides is 1. The molecule has 1 amide bonds. The third kappa shape index (κ3) is 6.10. The highest BCUT2D eigenvalue weighted by Gasteiger charge is 2.49. The summed E-state index contributed by atoms with van der Waals surface area (Å²) in [6, 6.07) is 17.4. The maximum Gasteiger partial charge on any atom is 0.305 e. The molecule has 3 aliphatic heterocycles. The normalized spacial score (nSPS) is 24.2. The van der Waals surface area contributed by atoms with Crippen LogP contribution in [-0.2, 0) is 21.5 Å². The molecule has 0 N–H and O–H groups in total. The molecule has 1 aromatic heterocycles. The number of methoxy groups -OCH3 is 1. The zero-order valence-electron chi connectivity index (χ0n) is 26.2. The number of nitrogens with zero attached hydrogens (tertiary/aromatic N) is 3. The average Bonchev–Trinajstić information content (AvgIpc) is 3.34. The summed E-state index contributed by atoms with van der Waals surface area (Å²) in [6.07, 6.45) is 6.64. The Hall–Kier alpha value is -2.83. The number of benzene rings is 2. The maximum absolute atomic E-state index is 14.8. The summed E-state index contributed by atoms with van der Waals surface area (Å²) < 4.78 is 7.12. The molecule has 0 bridgehead atoms. The van der Waals surface area contributed by atoms with Gasteiger partial charge in [0.1, 0.15) is 5.69 Å². The smallest absolute Gasteiger partial charge is 0.305 e. The molecule has 0 unspecified atom stereocenters. The molecule has 6 rings (SSSR count). The molecule has 0 aliphatic carbocycles. The van der Waals surface area contributed by atoms with Crippen LogP contribution in [0.3, 0.4) is 0 Å². The lowest BCUT2D eigenvalue weighted by Crippen LogP contribution is -2.65. The van der Waals surface area contributed by atoms with Crippen LogP contribution in [0.1, 0.15) is 87.3 Å². The van der Waals surface area contributed by atoms with E-state index in [-0.39, 0.29) is 23.3 Å². The van der Waals surface area contributed by atoms with E-state index in [1.54, 1.807) is 0 Å². The molecule has 230 valence electrons. The number of hydrogen-bond donors (Lipinski definition) is 0. The number of esters is 1. The molecule has 0 radical (unpaired) electrons. The number of halogens is 1. The molecule has 3 aromatic rings. The second-order valence-electron chi connectivity index (χ2n) is 14.0. The van der Waals surface area contributed by atoms with Gasteiger partial charge in [0.05, 0.1) is 12.6 Å². The predicted molar refractivity (Wildman–Crippen MR) is 173 cm³/mol. The van der Waals surface area contributed by atoms with Crippen LogP contribution in [0.5, 0.6) is 0 Å². The van der Waals surface area contributed by atoms with Crippen molar-refractivity contribution >= 4 is 34.4 Å². The van der Waals surface area contributed by atoms with Gasteiger partial charge in [0, 0.05) is 42.0 Å². The number of fused-ring (bicyclic) bond motifs is 1. The first-order valence-electron chi connectivity index (χ1n) is 16.1. The number of piperidine rings is 3. The van der Waals surface area contributed by atoms with Crippen molar-refractivity contribution in [3.8, 4) is 0 Å². The van der Waals surface area contributed by atoms with Gasteiger partial charge in [0.15, 0.2) is 0 Å². The maximum atomic E-state index is 14.8. The SMILES string of the molecule is COC(=O)CCC[C@@H]1[C@H]2CCCN3CCC[C@@H](CN1C(=O)c1cc4ccc(Cl)cc4n1Cc1ccc(C(C)(C)C)cc1)[C@@H]23. The summed E-state index contributed by atoms with van der Waals surface area (Å²) in [4.78, 5) is 31.8. The Morgan fingerprint density at radius 1 is 1.00 bits per heavy atom. The van der Waals surface area contributed by atoms with Gasteiger partial charge in [-0.25, -0.2) is 0 Å². The van der Waals surface area contributed by atoms with Crippen LogP contribution in [0, 0.1) is 11.8 Å². The van der Waals surface area contributed by atoms with E-state index in [2.05, 4.69) is 65.5 Å². The minimum absolute atomic E-state index is 0.0795. The molecule has 4 atom stereocenters. The molecule has 4 heterocycles. The third-order valence-electron chi connectivity index (χ3n) is 10.3. The quantitative estimate of drug-likeness (QED) is 0.266. The van der Waals surface area contributed by atoms with E-state index >= 15 is 0 Å². The van der Waals surface area contributed by atoms with Gasteiger partial charge in [-0.1, -0.05) is 62.7 Å². The topological polar surface area (TPSA) is 54.8 Å². The first-order chi connectivity index (χ1) is 20.6. The second kappa shape index (κ2) is 12.3. The van der Waals surface area contributed by atoms with Gasteiger partial charge >= 0.3 is 5.97 Å². The van der Waals surface area contributed by atoms with Gasteiger partial charge in [-0.3, -0.25) is 14.5 Å². The fraction of sp³-hybridized carbons (Fsp3) is 0.556. The Morgan fingerprint density at radius 3 is 2.47 bits per heavy atom. The van der Waals surface area contributed by atoms with E-state index in [1.807, 2.05) is 18.2 Å². The lowest BCUT2D eigenvalue weighted by Gasteiger charge is -2.57. The van der Waals surface area contributed by atoms with Crippen molar-refractivity contribution in [2.75, 3.05) is 26.7 Å². The fourth-order valence-corrected chi connectivity index (χ4v) is 8.34. The van der Waals surface area contributed by atoms with Crippen molar-refractivity contribution in [3.63, 3.8) is 0 Å². The number of rotatable bonds is 7. The molecule has 3 fully saturated rings. The van der Waals surface area contributed by atoms with Crippen molar-refractivity contribution in [3.05, 3.63) is 70.4 Å². The number of likely N-dealkylation sites (tertiary alicyclic amines) is 1. The summed E-state index contributed by atoms with van der Waals surface area (Å²) in [7, 11) is 1.45. The third-order valence-corrected chi connectivity index (χ3v) is 10.5. The van der Waals surface area contributed by atoms with Gasteiger partial charge < -0.3 is 14.2 Å². The summed E-state index contributed by atoms with van der Waals surface area (Å²) in [5.41, 5.74) is 4.23. The second-order valence-corrected chi connectivity index (χ2v) is 14.4. The molecule has 3 saturated heterocycles. The number of aromatic nitrogens is 1. The van der Waals surface area contributed by atoms with E-state index in [0.29, 0.717) is 35.9 Å². The average molecular weight is 604 g/mol. The first-order valence-corrected chi connectivity index (χ1v) is 16.5. The fourth-order valence-electron chi connectivity index (χ4n) is 8.17. The van der Waals surface area contributed by atoms with E-state index in [9.17, 15) is 9.59 Å². The first kappa shape index (κ1) is 30.2. The Kier molecular flexibility index (Phi) is 8.63. The van der Waals surface area contributed by atoms with Crippen molar-refractivity contribution in [1.29, 1.82) is 0 Å². The summed E-state index contributed by atoms with van der Waals surface area (Å²) in [6.45, 7) is 10.4. The van der Waals surface area contributed by atoms with Crippen LogP contribution in [0.2, 0.25) is 5.02 Å². The molecular formula is C36H46ClN3O3. The highest BCUT2D eigenvalue weighted by Crippen LogP contribution is 2.44. The molecule has 0 saturated carbocycles. The molecule has 0 spiro atoms. The van der Waals surface area contributed by atoms with Crippen LogP contribution >= 0.6 is 11.6 Å². The van der Waals surface area contributed by atoms with Crippen molar-refractivity contribution in [2.24, 2.45) is 11.8 Å². The van der Waals surface area contributed by atoms with Gasteiger partial charge in [-0.2, -0.15) is 0 Å². The lowest BCUT2D eigenvalue weighted by molar-refractivity contribution is -0.140. The largest absolute Gasteiger partial charge is 0.469 e. The zero-order valence-corrected chi connectivity index (χ0v) is 26.9. The monoisotopic (exact) mass is 603 g/mol. The number of hydrogen-bond acceptors (Lipinski definition) is 4. The van der Waals surface area contributed by atoms with E-state index < -0.39 is 0 Å². The minimum Gasteiger partial charge on any atom is -0.469 e. The number of carbonyl (C=O) groups excluding carboxylic acids is 2. The van der Waals surface area contributed by atoms with E-state index in [1.165, 1.54) is 45.0 Å². The molecule has 7 heteroatoms. The Bertz CT molecular complexity index is 1470. The van der Waals surface area contributed by atoms with Crippen LogP contribution in [0.15, 0.2) is 48.5 Å². The lowest BCUT2D eigenvalue weighted by atomic mass is 9.69. The predicted octanol–water partition coefficient (Wildman–Crippen LogP) is 7.30. The Labute approximate surface area is 261 Å². The highest BCUT2D eigenvalue weighted by atomic mass is 35.5. The van der Waals surface area contributed by atoms with Crippen molar-refractivity contribution < 1.29 is 14.3 Å². The Balaban J connectivity index is 1.36. The highest BCUT2D eigenvalue weighted by molar-refractivity contribution is 6.31.